The topological polar surface area (TPSA) is 176 Å². The largest absolute Gasteiger partial charge is 0.524 e. The number of nitrogens with zero attached hydrogens (tertiary/aromatic N) is 1. The van der Waals surface area contributed by atoms with Crippen molar-refractivity contribution in [1.82, 2.24) is 5.32 Å². The summed E-state index contributed by atoms with van der Waals surface area (Å²) < 4.78 is 15.6. The van der Waals surface area contributed by atoms with E-state index in [4.69, 9.17) is 15.5 Å². The van der Waals surface area contributed by atoms with E-state index in [9.17, 15) is 23.7 Å². The number of ketones is 1. The van der Waals surface area contributed by atoms with E-state index >= 15 is 0 Å². The molecule has 2 aromatic rings. The van der Waals surface area contributed by atoms with Crippen LogP contribution in [-0.2, 0) is 36.6 Å². The second-order valence-corrected chi connectivity index (χ2v) is 11.8. The fourth-order valence-electron chi connectivity index (χ4n) is 5.40. The zero-order valence-corrected chi connectivity index (χ0v) is 23.8. The van der Waals surface area contributed by atoms with Gasteiger partial charge in [-0.25, -0.2) is 4.57 Å². The number of amides is 3. The van der Waals surface area contributed by atoms with Gasteiger partial charge in [-0.05, 0) is 73.6 Å². The maximum atomic E-state index is 13.9. The van der Waals surface area contributed by atoms with Crippen LogP contribution in [0, 0.1) is 5.92 Å². The van der Waals surface area contributed by atoms with Gasteiger partial charge in [-0.2, -0.15) is 0 Å². The standard InChI is InChI=1S/C29H34N3O8P/c1-17(19-9-11-24(12-10-19)40-41(37,38)39)14-23(33)15-22-8-7-20-4-3-5-21-16-25(32(27(20)21)29(22)36)28(35)31-18(2)6-13-26(30)34/h3-5,9-12,14,18,22,25H,6-8,13,15-16H2,1-2H3,(H2,30,34)(H,31,35)(H2,37,38,39)/b17-14+/t18-,22-,25+/m1/s1. The number of hydrogen-bond donors (Lipinski definition) is 4. The predicted molar refractivity (Wildman–Crippen MR) is 152 cm³/mol. The van der Waals surface area contributed by atoms with Crippen LogP contribution in [0.1, 0.15) is 56.2 Å². The van der Waals surface area contributed by atoms with Crippen molar-refractivity contribution in [3.8, 4) is 5.75 Å². The summed E-state index contributed by atoms with van der Waals surface area (Å²) in [4.78, 5) is 70.9. The third-order valence-corrected chi connectivity index (χ3v) is 7.84. The molecule has 3 amide bonds. The maximum absolute atomic E-state index is 13.9. The van der Waals surface area contributed by atoms with E-state index in [2.05, 4.69) is 9.84 Å². The maximum Gasteiger partial charge on any atom is 0.524 e. The minimum Gasteiger partial charge on any atom is -0.404 e. The number of aryl methyl sites for hydroxylation is 1. The van der Waals surface area contributed by atoms with Crippen molar-refractivity contribution < 1.29 is 38.1 Å². The lowest BCUT2D eigenvalue weighted by molar-refractivity contribution is -0.129. The van der Waals surface area contributed by atoms with Crippen molar-refractivity contribution in [3.63, 3.8) is 0 Å². The molecule has 0 saturated heterocycles. The van der Waals surface area contributed by atoms with Crippen LogP contribution in [0.25, 0.3) is 5.57 Å². The van der Waals surface area contributed by atoms with E-state index in [0.717, 1.165) is 16.8 Å². The van der Waals surface area contributed by atoms with Crippen LogP contribution in [0.5, 0.6) is 5.75 Å². The molecule has 218 valence electrons. The van der Waals surface area contributed by atoms with Crippen LogP contribution in [-0.4, -0.2) is 45.4 Å². The molecule has 0 aromatic heterocycles. The lowest BCUT2D eigenvalue weighted by Gasteiger charge is -2.28. The molecular weight excluding hydrogens is 549 g/mol. The number of benzene rings is 2. The first-order valence-electron chi connectivity index (χ1n) is 13.4. The molecule has 3 atom stereocenters. The van der Waals surface area contributed by atoms with Crippen molar-refractivity contribution in [3.05, 3.63) is 65.2 Å². The Bertz CT molecular complexity index is 1430. The summed E-state index contributed by atoms with van der Waals surface area (Å²) in [5, 5.41) is 2.91. The molecule has 0 bridgehead atoms. The number of phosphoric acid groups is 1. The number of hydrogen-bond acceptors (Lipinski definition) is 6. The van der Waals surface area contributed by atoms with E-state index in [1.807, 2.05) is 18.2 Å². The number of nitrogens with two attached hydrogens (primary N) is 1. The fourth-order valence-corrected chi connectivity index (χ4v) is 5.80. The Morgan fingerprint density at radius 1 is 1.17 bits per heavy atom. The van der Waals surface area contributed by atoms with Gasteiger partial charge in [0.25, 0.3) is 0 Å². The van der Waals surface area contributed by atoms with Gasteiger partial charge in [0.15, 0.2) is 5.78 Å². The van der Waals surface area contributed by atoms with Gasteiger partial charge in [0.05, 0.1) is 5.69 Å². The molecule has 0 unspecified atom stereocenters. The van der Waals surface area contributed by atoms with Gasteiger partial charge >= 0.3 is 7.82 Å². The smallest absolute Gasteiger partial charge is 0.404 e. The number of carbonyl (C=O) groups is 4. The third kappa shape index (κ3) is 7.49. The van der Waals surface area contributed by atoms with E-state index in [-0.39, 0.29) is 42.2 Å². The number of nitrogens with one attached hydrogen (secondary N) is 1. The Labute approximate surface area is 238 Å². The molecule has 0 fully saturated rings. The molecule has 0 aliphatic carbocycles. The lowest BCUT2D eigenvalue weighted by Crippen LogP contribution is -2.51. The molecule has 0 spiro atoms. The fraction of sp³-hybridized carbons (Fsp3) is 0.379. The SMILES string of the molecule is C/C(=C\C(=O)C[C@H]1CCc2cccc3c2N(C1=O)[C@H](C(=O)N[C@H](C)CCC(N)=O)C3)c1ccc(OP(=O)(O)O)cc1. The Kier molecular flexibility index (Phi) is 9.11. The van der Waals surface area contributed by atoms with Gasteiger partial charge in [0.2, 0.25) is 17.7 Å². The van der Waals surface area contributed by atoms with Crippen LogP contribution in [0.3, 0.4) is 0 Å². The Morgan fingerprint density at radius 2 is 1.85 bits per heavy atom. The number of primary amides is 1. The lowest BCUT2D eigenvalue weighted by atomic mass is 9.92. The summed E-state index contributed by atoms with van der Waals surface area (Å²) in [5.74, 6) is -1.90. The minimum atomic E-state index is -4.68. The number of anilines is 1. The van der Waals surface area contributed by atoms with Gasteiger partial charge in [0, 0.05) is 31.2 Å². The molecular formula is C29H34N3O8P. The molecule has 0 radical (unpaired) electrons. The molecule has 2 aromatic carbocycles. The monoisotopic (exact) mass is 583 g/mol. The zero-order valence-electron chi connectivity index (χ0n) is 22.9. The van der Waals surface area contributed by atoms with Gasteiger partial charge in [-0.1, -0.05) is 30.3 Å². The van der Waals surface area contributed by atoms with Crippen molar-refractivity contribution >= 4 is 42.6 Å². The van der Waals surface area contributed by atoms with E-state index < -0.39 is 25.7 Å². The normalized spacial score (nSPS) is 19.3. The molecule has 2 aliphatic rings. The molecule has 41 heavy (non-hydrogen) atoms. The summed E-state index contributed by atoms with van der Waals surface area (Å²) in [5.41, 5.74) is 9.13. The summed E-state index contributed by atoms with van der Waals surface area (Å²) in [6.07, 6.45) is 3.37. The molecule has 5 N–H and O–H groups in total. The average Bonchev–Trinajstić information content (AvgIpc) is 3.23. The summed E-state index contributed by atoms with van der Waals surface area (Å²) in [7, 11) is -4.68. The van der Waals surface area contributed by atoms with Crippen LogP contribution < -0.4 is 20.5 Å². The third-order valence-electron chi connectivity index (χ3n) is 7.39. The van der Waals surface area contributed by atoms with Gasteiger partial charge in [0.1, 0.15) is 11.8 Å². The molecule has 4 rings (SSSR count). The number of allylic oxidation sites excluding steroid dienone is 2. The quantitative estimate of drug-likeness (QED) is 0.231. The van der Waals surface area contributed by atoms with Gasteiger partial charge < -0.3 is 15.6 Å². The van der Waals surface area contributed by atoms with Crippen molar-refractivity contribution in [2.45, 2.75) is 64.5 Å². The van der Waals surface area contributed by atoms with Crippen LogP contribution in [0.2, 0.25) is 0 Å². The average molecular weight is 584 g/mol. The van der Waals surface area contributed by atoms with Crippen molar-refractivity contribution in [2.24, 2.45) is 11.7 Å². The van der Waals surface area contributed by atoms with Crippen LogP contribution in [0.15, 0.2) is 48.5 Å². The molecule has 2 heterocycles. The highest BCUT2D eigenvalue weighted by molar-refractivity contribution is 7.46. The molecule has 2 aliphatic heterocycles. The first-order chi connectivity index (χ1) is 19.3. The predicted octanol–water partition coefficient (Wildman–Crippen LogP) is 2.81. The summed E-state index contributed by atoms with van der Waals surface area (Å²) >= 11 is 0. The summed E-state index contributed by atoms with van der Waals surface area (Å²) in [6.45, 7) is 3.51. The molecule has 12 heteroatoms. The molecule has 11 nitrogen and oxygen atoms in total. The highest BCUT2D eigenvalue weighted by Crippen LogP contribution is 2.41. The second-order valence-electron chi connectivity index (χ2n) is 10.6. The number of phosphoric ester groups is 1. The van der Waals surface area contributed by atoms with Crippen molar-refractivity contribution in [1.29, 1.82) is 0 Å². The van der Waals surface area contributed by atoms with Crippen LogP contribution >= 0.6 is 7.82 Å². The highest BCUT2D eigenvalue weighted by atomic mass is 31.2. The van der Waals surface area contributed by atoms with E-state index in [0.29, 0.717) is 36.8 Å². The Balaban J connectivity index is 1.49. The van der Waals surface area contributed by atoms with E-state index in [1.54, 1.807) is 30.9 Å². The first-order valence-corrected chi connectivity index (χ1v) is 14.9. The minimum absolute atomic E-state index is 0.00401. The highest BCUT2D eigenvalue weighted by Gasteiger charge is 2.44. The van der Waals surface area contributed by atoms with Gasteiger partial charge in [-0.15, -0.1) is 0 Å². The number of para-hydroxylation sites is 1. The number of rotatable bonds is 11. The Hall–Kier alpha value is -3.79. The summed E-state index contributed by atoms with van der Waals surface area (Å²) in [6, 6.07) is 10.7. The zero-order chi connectivity index (χ0) is 29.9. The van der Waals surface area contributed by atoms with E-state index in [1.165, 1.54) is 18.2 Å². The number of carbonyl (C=O) groups excluding carboxylic acids is 4. The van der Waals surface area contributed by atoms with Crippen molar-refractivity contribution in [2.75, 3.05) is 4.90 Å². The Morgan fingerprint density at radius 3 is 2.51 bits per heavy atom. The van der Waals surface area contributed by atoms with Gasteiger partial charge in [-0.3, -0.25) is 33.9 Å². The molecule has 0 saturated carbocycles. The van der Waals surface area contributed by atoms with Crippen LogP contribution in [0.4, 0.5) is 5.69 Å². The second kappa shape index (κ2) is 12.4. The first kappa shape index (κ1) is 30.2.